The van der Waals surface area contributed by atoms with Gasteiger partial charge in [-0.1, -0.05) is 29.3 Å². The summed E-state index contributed by atoms with van der Waals surface area (Å²) in [5.74, 6) is -0.616. The Morgan fingerprint density at radius 1 is 1.12 bits per heavy atom. The number of urea groups is 1. The molecule has 126 valence electrons. The van der Waals surface area contributed by atoms with Gasteiger partial charge >= 0.3 is 6.03 Å². The van der Waals surface area contributed by atoms with E-state index in [1.54, 1.807) is 18.2 Å². The van der Waals surface area contributed by atoms with Crippen LogP contribution in [0.4, 0.5) is 16.2 Å². The fourth-order valence-corrected chi connectivity index (χ4v) is 2.65. The highest BCUT2D eigenvalue weighted by atomic mass is 35.5. The Morgan fingerprint density at radius 3 is 2.56 bits per heavy atom. The summed E-state index contributed by atoms with van der Waals surface area (Å²) in [6.45, 7) is 0. The number of carbonyl (C=O) groups is 2. The summed E-state index contributed by atoms with van der Waals surface area (Å²) in [4.78, 5) is 35.9. The van der Waals surface area contributed by atoms with E-state index >= 15 is 0 Å². The number of amides is 3. The molecule has 1 heterocycles. The maximum absolute atomic E-state index is 12.5. The molecule has 1 N–H and O–H groups in total. The van der Waals surface area contributed by atoms with Crippen molar-refractivity contribution in [3.05, 3.63) is 73.9 Å². The lowest BCUT2D eigenvalue weighted by Gasteiger charge is -2.11. The molecule has 0 spiro atoms. The maximum Gasteiger partial charge on any atom is 0.333 e. The number of nitrogens with zero attached hydrogens (tertiary/aromatic N) is 2. The molecule has 9 heteroatoms. The molecule has 3 rings (SSSR count). The molecule has 1 aliphatic heterocycles. The van der Waals surface area contributed by atoms with Gasteiger partial charge in [0.05, 0.1) is 10.6 Å². The van der Waals surface area contributed by atoms with Crippen molar-refractivity contribution in [1.82, 2.24) is 5.32 Å². The molecule has 0 saturated carbocycles. The molecule has 1 fully saturated rings. The Hall–Kier alpha value is -2.90. The van der Waals surface area contributed by atoms with Crippen LogP contribution >= 0.6 is 23.2 Å². The fourth-order valence-electron chi connectivity index (χ4n) is 2.30. The lowest BCUT2D eigenvalue weighted by atomic mass is 10.1. The topological polar surface area (TPSA) is 92.5 Å². The van der Waals surface area contributed by atoms with Gasteiger partial charge in [0, 0.05) is 27.7 Å². The van der Waals surface area contributed by atoms with Gasteiger partial charge in [-0.05, 0) is 30.3 Å². The maximum atomic E-state index is 12.5. The van der Waals surface area contributed by atoms with Gasteiger partial charge in [0.2, 0.25) is 0 Å². The highest BCUT2D eigenvalue weighted by Crippen LogP contribution is 2.28. The highest BCUT2D eigenvalue weighted by molar-refractivity contribution is 6.33. The number of benzene rings is 2. The van der Waals surface area contributed by atoms with Crippen LogP contribution in [-0.2, 0) is 4.79 Å². The smallest absolute Gasteiger partial charge is 0.302 e. The summed E-state index contributed by atoms with van der Waals surface area (Å²) < 4.78 is 0. The minimum atomic E-state index is -0.653. The quantitative estimate of drug-likeness (QED) is 0.378. The Bertz CT molecular complexity index is 943. The molecule has 0 atom stereocenters. The third kappa shape index (κ3) is 3.33. The summed E-state index contributed by atoms with van der Waals surface area (Å²) in [5.41, 5.74) is 0.322. The monoisotopic (exact) mass is 377 g/mol. The fraction of sp³-hybridized carbons (Fsp3) is 0. The second-order valence-corrected chi connectivity index (χ2v) is 5.92. The Kier molecular flexibility index (Phi) is 4.43. The second kappa shape index (κ2) is 6.54. The summed E-state index contributed by atoms with van der Waals surface area (Å²) in [5, 5.41) is 13.9. The summed E-state index contributed by atoms with van der Waals surface area (Å²) >= 11 is 11.9. The van der Waals surface area contributed by atoms with Gasteiger partial charge in [0.1, 0.15) is 5.70 Å². The summed E-state index contributed by atoms with van der Waals surface area (Å²) in [6, 6.07) is 9.42. The number of non-ortho nitro benzene ring substituents is 1. The largest absolute Gasteiger partial charge is 0.333 e. The molecule has 2 aromatic rings. The Morgan fingerprint density at radius 2 is 1.88 bits per heavy atom. The van der Waals surface area contributed by atoms with Gasteiger partial charge in [0.15, 0.2) is 0 Å². The molecule has 0 unspecified atom stereocenters. The Labute approximate surface area is 151 Å². The van der Waals surface area contributed by atoms with Crippen LogP contribution in [0.25, 0.3) is 6.08 Å². The average Bonchev–Trinajstić information content (AvgIpc) is 2.83. The molecule has 0 aromatic heterocycles. The normalized spacial score (nSPS) is 15.6. The summed E-state index contributed by atoms with van der Waals surface area (Å²) in [6.07, 6.45) is 1.29. The lowest BCUT2D eigenvalue weighted by Crippen LogP contribution is -2.30. The molecule has 7 nitrogen and oxygen atoms in total. The number of hydrogen-bond acceptors (Lipinski definition) is 4. The van der Waals surface area contributed by atoms with Gasteiger partial charge in [-0.25, -0.2) is 9.69 Å². The zero-order valence-electron chi connectivity index (χ0n) is 12.4. The van der Waals surface area contributed by atoms with Crippen molar-refractivity contribution in [2.75, 3.05) is 4.90 Å². The van der Waals surface area contributed by atoms with Crippen molar-refractivity contribution in [3.63, 3.8) is 0 Å². The third-order valence-corrected chi connectivity index (χ3v) is 4.01. The van der Waals surface area contributed by atoms with Crippen molar-refractivity contribution in [3.8, 4) is 0 Å². The predicted octanol–water partition coefficient (Wildman–Crippen LogP) is 4.00. The number of anilines is 1. The molecule has 0 aliphatic carbocycles. The van der Waals surface area contributed by atoms with Gasteiger partial charge < -0.3 is 5.32 Å². The predicted molar refractivity (Wildman–Crippen MR) is 93.6 cm³/mol. The number of imide groups is 1. The number of halogens is 2. The van der Waals surface area contributed by atoms with E-state index in [-0.39, 0.29) is 22.0 Å². The van der Waals surface area contributed by atoms with Crippen LogP contribution in [0, 0.1) is 10.1 Å². The number of hydrogen-bond donors (Lipinski definition) is 1. The first-order chi connectivity index (χ1) is 11.9. The van der Waals surface area contributed by atoms with Crippen LogP contribution in [0.2, 0.25) is 10.0 Å². The van der Waals surface area contributed by atoms with E-state index in [4.69, 9.17) is 23.2 Å². The first kappa shape index (κ1) is 16.9. The standard InChI is InChI=1S/C16H9Cl2N3O4/c17-10-2-1-3-11(8-10)20-15(22)14(19-16(20)23)7-9-6-12(21(24)25)4-5-13(9)18/h1-8H,(H,19,23)/b14-7-. The van der Waals surface area contributed by atoms with E-state index in [1.807, 2.05) is 0 Å². The number of nitrogens with one attached hydrogen (secondary N) is 1. The number of nitro benzene ring substituents is 1. The van der Waals surface area contributed by atoms with E-state index in [0.29, 0.717) is 10.7 Å². The lowest BCUT2D eigenvalue weighted by molar-refractivity contribution is -0.384. The molecule has 25 heavy (non-hydrogen) atoms. The van der Waals surface area contributed by atoms with E-state index in [9.17, 15) is 19.7 Å². The van der Waals surface area contributed by atoms with Crippen molar-refractivity contribution in [1.29, 1.82) is 0 Å². The van der Waals surface area contributed by atoms with Crippen LogP contribution in [0.3, 0.4) is 0 Å². The zero-order valence-corrected chi connectivity index (χ0v) is 13.9. The number of nitro groups is 1. The molecule has 1 saturated heterocycles. The molecule has 1 aliphatic rings. The molecular weight excluding hydrogens is 369 g/mol. The molecular formula is C16H9Cl2N3O4. The number of rotatable bonds is 3. The first-order valence-electron chi connectivity index (χ1n) is 6.93. The average molecular weight is 378 g/mol. The first-order valence-corrected chi connectivity index (χ1v) is 7.69. The minimum Gasteiger partial charge on any atom is -0.302 e. The molecule has 3 amide bonds. The van der Waals surface area contributed by atoms with Gasteiger partial charge in [0.25, 0.3) is 11.6 Å². The number of carbonyl (C=O) groups excluding carboxylic acids is 2. The van der Waals surface area contributed by atoms with E-state index in [1.165, 1.54) is 30.3 Å². The van der Waals surface area contributed by atoms with Crippen LogP contribution in [-0.4, -0.2) is 16.9 Å². The second-order valence-electron chi connectivity index (χ2n) is 5.07. The Balaban J connectivity index is 1.99. The van der Waals surface area contributed by atoms with Crippen molar-refractivity contribution in [2.45, 2.75) is 0 Å². The van der Waals surface area contributed by atoms with Crippen molar-refractivity contribution in [2.24, 2.45) is 0 Å². The van der Waals surface area contributed by atoms with Crippen molar-refractivity contribution < 1.29 is 14.5 Å². The van der Waals surface area contributed by atoms with Crippen LogP contribution in [0.15, 0.2) is 48.2 Å². The minimum absolute atomic E-state index is 0.0487. The molecule has 0 bridgehead atoms. The zero-order chi connectivity index (χ0) is 18.1. The molecule has 2 aromatic carbocycles. The van der Waals surface area contributed by atoms with Gasteiger partial charge in [-0.15, -0.1) is 0 Å². The highest BCUT2D eigenvalue weighted by Gasteiger charge is 2.35. The third-order valence-electron chi connectivity index (χ3n) is 3.43. The van der Waals surface area contributed by atoms with E-state index in [2.05, 4.69) is 5.32 Å². The van der Waals surface area contributed by atoms with Crippen molar-refractivity contribution >= 4 is 52.6 Å². The van der Waals surface area contributed by atoms with Gasteiger partial charge in [-0.2, -0.15) is 0 Å². The molecule has 0 radical (unpaired) electrons. The van der Waals surface area contributed by atoms with Crippen LogP contribution in [0.1, 0.15) is 5.56 Å². The van der Waals surface area contributed by atoms with Gasteiger partial charge in [-0.3, -0.25) is 14.9 Å². The van der Waals surface area contributed by atoms with Crippen LogP contribution < -0.4 is 10.2 Å². The van der Waals surface area contributed by atoms with E-state index in [0.717, 1.165) is 4.90 Å². The summed E-state index contributed by atoms with van der Waals surface area (Å²) in [7, 11) is 0. The van der Waals surface area contributed by atoms with E-state index < -0.39 is 16.9 Å². The SMILES string of the molecule is O=C1N/C(=C\c2cc([N+](=O)[O-])ccc2Cl)C(=O)N1c1cccc(Cl)c1. The van der Waals surface area contributed by atoms with Crippen LogP contribution in [0.5, 0.6) is 0 Å².